The van der Waals surface area contributed by atoms with Crippen LogP contribution in [0.4, 0.5) is 5.00 Å². The van der Waals surface area contributed by atoms with E-state index in [2.05, 4.69) is 22.5 Å². The number of methoxy groups -OCH3 is 1. The normalized spacial score (nSPS) is 17.3. The predicted octanol–water partition coefficient (Wildman–Crippen LogP) is 4.86. The zero-order chi connectivity index (χ0) is 23.8. The maximum absolute atomic E-state index is 13.0. The maximum Gasteiger partial charge on any atom is 0.345 e. The fourth-order valence-corrected chi connectivity index (χ4v) is 5.86. The molecule has 0 saturated heterocycles. The number of carbonyl (C=O) groups is 2. The minimum absolute atomic E-state index is 0.0746. The van der Waals surface area contributed by atoms with Crippen molar-refractivity contribution < 1.29 is 19.1 Å². The first-order valence-electron chi connectivity index (χ1n) is 11.1. The first kappa shape index (κ1) is 22.7. The van der Waals surface area contributed by atoms with E-state index in [0.29, 0.717) is 10.8 Å². The van der Waals surface area contributed by atoms with Gasteiger partial charge in [-0.3, -0.25) is 9.69 Å². The van der Waals surface area contributed by atoms with Crippen molar-refractivity contribution in [3.63, 3.8) is 0 Å². The summed E-state index contributed by atoms with van der Waals surface area (Å²) in [6.07, 6.45) is 0.457. The van der Waals surface area contributed by atoms with Crippen molar-refractivity contribution in [1.29, 1.82) is 0 Å². The minimum atomic E-state index is -0.573. The SMILES string of the molecule is CCN1CCc2c(sc3c2C(=O)N[C@@H](c2ccc(OC(=O)c4ccccc4Cl)c(OC)c2)N3)C1. The highest BCUT2D eigenvalue weighted by Crippen LogP contribution is 2.41. The molecule has 0 bridgehead atoms. The highest BCUT2D eigenvalue weighted by molar-refractivity contribution is 7.16. The lowest BCUT2D eigenvalue weighted by Gasteiger charge is -2.28. The van der Waals surface area contributed by atoms with Crippen LogP contribution in [0, 0.1) is 0 Å². The van der Waals surface area contributed by atoms with Crippen LogP contribution in [0.3, 0.4) is 0 Å². The molecule has 0 unspecified atom stereocenters. The summed E-state index contributed by atoms with van der Waals surface area (Å²) in [5.74, 6) is -0.000820. The second kappa shape index (κ2) is 9.29. The zero-order valence-corrected chi connectivity index (χ0v) is 20.4. The first-order valence-corrected chi connectivity index (χ1v) is 12.3. The van der Waals surface area contributed by atoms with Crippen molar-refractivity contribution in [3.8, 4) is 11.5 Å². The molecule has 34 heavy (non-hydrogen) atoms. The fourth-order valence-electron chi connectivity index (χ4n) is 4.33. The Hall–Kier alpha value is -3.07. The molecule has 2 aliphatic heterocycles. The summed E-state index contributed by atoms with van der Waals surface area (Å²) in [7, 11) is 1.50. The molecule has 3 heterocycles. The Labute approximate surface area is 206 Å². The summed E-state index contributed by atoms with van der Waals surface area (Å²) in [5, 5.41) is 7.73. The van der Waals surface area contributed by atoms with Gasteiger partial charge in [0.25, 0.3) is 5.91 Å². The van der Waals surface area contributed by atoms with E-state index in [1.54, 1.807) is 53.8 Å². The Morgan fingerprint density at radius 2 is 2.03 bits per heavy atom. The summed E-state index contributed by atoms with van der Waals surface area (Å²) >= 11 is 7.77. The average molecular weight is 498 g/mol. The van der Waals surface area contributed by atoms with Gasteiger partial charge in [0.05, 0.1) is 23.3 Å². The van der Waals surface area contributed by atoms with E-state index in [0.717, 1.165) is 47.7 Å². The van der Waals surface area contributed by atoms with E-state index in [1.165, 1.54) is 12.0 Å². The molecular formula is C25H24ClN3O4S. The summed E-state index contributed by atoms with van der Waals surface area (Å²) in [6.45, 7) is 5.00. The third-order valence-electron chi connectivity index (χ3n) is 6.18. The molecule has 1 amide bonds. The Balaban J connectivity index is 1.38. The van der Waals surface area contributed by atoms with Gasteiger partial charge in [-0.2, -0.15) is 0 Å². The van der Waals surface area contributed by atoms with Crippen LogP contribution in [0.25, 0.3) is 0 Å². The minimum Gasteiger partial charge on any atom is -0.493 e. The van der Waals surface area contributed by atoms with Crippen molar-refractivity contribution in [1.82, 2.24) is 10.2 Å². The number of anilines is 1. The lowest BCUT2D eigenvalue weighted by Crippen LogP contribution is -2.38. The number of benzene rings is 2. The predicted molar refractivity (Wildman–Crippen MR) is 132 cm³/mol. The van der Waals surface area contributed by atoms with Crippen molar-refractivity contribution >= 4 is 39.8 Å². The summed E-state index contributed by atoms with van der Waals surface area (Å²) in [4.78, 5) is 29.2. The molecule has 0 aliphatic carbocycles. The van der Waals surface area contributed by atoms with Gasteiger partial charge in [0.2, 0.25) is 0 Å². The van der Waals surface area contributed by atoms with E-state index < -0.39 is 12.1 Å². The molecule has 1 atom stereocenters. The third kappa shape index (κ3) is 4.13. The molecule has 0 radical (unpaired) electrons. The number of likely N-dealkylation sites (N-methyl/N-ethyl adjacent to an activating group) is 1. The fraction of sp³-hybridized carbons (Fsp3) is 0.280. The largest absolute Gasteiger partial charge is 0.493 e. The van der Waals surface area contributed by atoms with Crippen molar-refractivity contribution in [2.45, 2.75) is 26.1 Å². The molecule has 0 spiro atoms. The van der Waals surface area contributed by atoms with Gasteiger partial charge in [0.15, 0.2) is 11.5 Å². The van der Waals surface area contributed by atoms with Crippen LogP contribution in [0.15, 0.2) is 42.5 Å². The quantitative estimate of drug-likeness (QED) is 0.387. The van der Waals surface area contributed by atoms with Crippen molar-refractivity contribution in [2.75, 3.05) is 25.5 Å². The van der Waals surface area contributed by atoms with Gasteiger partial charge in [-0.05, 0) is 48.4 Å². The van der Waals surface area contributed by atoms with Gasteiger partial charge in [-0.15, -0.1) is 11.3 Å². The van der Waals surface area contributed by atoms with E-state index in [9.17, 15) is 9.59 Å². The number of hydrogen-bond acceptors (Lipinski definition) is 7. The van der Waals surface area contributed by atoms with Gasteiger partial charge >= 0.3 is 5.97 Å². The number of thiophene rings is 1. The molecule has 9 heteroatoms. The van der Waals surface area contributed by atoms with E-state index in [1.807, 2.05) is 0 Å². The summed E-state index contributed by atoms with van der Waals surface area (Å²) in [6, 6.07) is 11.9. The molecule has 0 fully saturated rings. The van der Waals surface area contributed by atoms with Crippen LogP contribution in [0.2, 0.25) is 5.02 Å². The number of nitrogens with zero attached hydrogens (tertiary/aromatic N) is 1. The second-order valence-electron chi connectivity index (χ2n) is 8.16. The first-order chi connectivity index (χ1) is 16.5. The van der Waals surface area contributed by atoms with Gasteiger partial charge in [-0.1, -0.05) is 36.7 Å². The molecule has 7 nitrogen and oxygen atoms in total. The number of esters is 1. The molecule has 5 rings (SSSR count). The number of rotatable bonds is 5. The lowest BCUT2D eigenvalue weighted by molar-refractivity contribution is 0.0729. The van der Waals surface area contributed by atoms with Gasteiger partial charge in [0.1, 0.15) is 11.2 Å². The number of carbonyl (C=O) groups excluding carboxylic acids is 2. The lowest BCUT2D eigenvalue weighted by atomic mass is 10.0. The van der Waals surface area contributed by atoms with Crippen LogP contribution in [0.1, 0.15) is 49.8 Å². The Kier molecular flexibility index (Phi) is 6.20. The number of hydrogen-bond donors (Lipinski definition) is 2. The Bertz CT molecular complexity index is 1280. The van der Waals surface area contributed by atoms with Crippen LogP contribution in [-0.2, 0) is 13.0 Å². The Morgan fingerprint density at radius 1 is 1.21 bits per heavy atom. The van der Waals surface area contributed by atoms with Crippen LogP contribution < -0.4 is 20.1 Å². The van der Waals surface area contributed by atoms with Crippen LogP contribution >= 0.6 is 22.9 Å². The van der Waals surface area contributed by atoms with E-state index in [4.69, 9.17) is 21.1 Å². The third-order valence-corrected chi connectivity index (χ3v) is 7.66. The molecule has 3 aromatic rings. The monoisotopic (exact) mass is 497 g/mol. The molecule has 2 aliphatic rings. The van der Waals surface area contributed by atoms with Gasteiger partial charge < -0.3 is 20.1 Å². The van der Waals surface area contributed by atoms with E-state index >= 15 is 0 Å². The second-order valence-corrected chi connectivity index (χ2v) is 9.67. The maximum atomic E-state index is 13.0. The van der Waals surface area contributed by atoms with Crippen molar-refractivity contribution in [3.05, 3.63) is 74.6 Å². The number of ether oxygens (including phenoxy) is 2. The molecular weight excluding hydrogens is 474 g/mol. The van der Waals surface area contributed by atoms with E-state index in [-0.39, 0.29) is 17.2 Å². The van der Waals surface area contributed by atoms with Gasteiger partial charge in [-0.25, -0.2) is 4.79 Å². The molecule has 2 N–H and O–H groups in total. The topological polar surface area (TPSA) is 79.9 Å². The molecule has 2 aromatic carbocycles. The number of amides is 1. The molecule has 1 aromatic heterocycles. The average Bonchev–Trinajstić information content (AvgIpc) is 3.22. The number of nitrogens with one attached hydrogen (secondary N) is 2. The van der Waals surface area contributed by atoms with Crippen LogP contribution in [0.5, 0.6) is 11.5 Å². The standard InChI is InChI=1S/C25H24ClN3O4S/c1-3-29-11-10-16-20(13-29)34-24-21(16)23(30)27-22(28-24)14-8-9-18(19(12-14)32-2)33-25(31)15-6-4-5-7-17(15)26/h4-9,12,22,28H,3,10-11,13H2,1-2H3,(H,27,30)/t22-/m1/s1. The number of halogens is 1. The highest BCUT2D eigenvalue weighted by atomic mass is 35.5. The highest BCUT2D eigenvalue weighted by Gasteiger charge is 2.33. The molecule has 176 valence electrons. The summed E-state index contributed by atoms with van der Waals surface area (Å²) < 4.78 is 11.0. The van der Waals surface area contributed by atoms with Crippen LogP contribution in [-0.4, -0.2) is 37.0 Å². The molecule has 0 saturated carbocycles. The van der Waals surface area contributed by atoms with Gasteiger partial charge in [0, 0.05) is 18.0 Å². The summed E-state index contributed by atoms with van der Waals surface area (Å²) in [5.41, 5.74) is 2.99. The zero-order valence-electron chi connectivity index (χ0n) is 18.8. The number of fused-ring (bicyclic) bond motifs is 3. The Morgan fingerprint density at radius 3 is 2.79 bits per heavy atom. The smallest absolute Gasteiger partial charge is 0.345 e. The van der Waals surface area contributed by atoms with Crippen molar-refractivity contribution in [2.24, 2.45) is 0 Å².